The fourth-order valence-corrected chi connectivity index (χ4v) is 3.02. The van der Waals surface area contributed by atoms with Crippen molar-refractivity contribution in [3.8, 4) is 0 Å². The molecule has 22 heavy (non-hydrogen) atoms. The summed E-state index contributed by atoms with van der Waals surface area (Å²) in [5.74, 6) is 0.538. The maximum absolute atomic E-state index is 10.6. The van der Waals surface area contributed by atoms with E-state index in [9.17, 15) is 5.11 Å². The quantitative estimate of drug-likeness (QED) is 0.807. The molecule has 1 unspecified atom stereocenters. The van der Waals surface area contributed by atoms with Crippen molar-refractivity contribution in [2.24, 2.45) is 5.92 Å². The third-order valence-electron chi connectivity index (χ3n) is 4.58. The minimum atomic E-state index is -0.605. The van der Waals surface area contributed by atoms with Crippen LogP contribution in [0.4, 0.5) is 0 Å². The molecule has 0 aromatic heterocycles. The molecule has 4 heteroatoms. The molecule has 1 heterocycles. The molecular formula is C18H28ClNO2. The lowest BCUT2D eigenvalue weighted by Crippen LogP contribution is -2.49. The molecule has 0 saturated carbocycles. The predicted molar refractivity (Wildman–Crippen MR) is 91.4 cm³/mol. The first-order chi connectivity index (χ1) is 10.5. The maximum Gasteiger partial charge on any atom is 0.0815 e. The second-order valence-corrected chi connectivity index (χ2v) is 7.17. The summed E-state index contributed by atoms with van der Waals surface area (Å²) < 4.78 is 5.34. The van der Waals surface area contributed by atoms with E-state index in [1.165, 1.54) is 5.56 Å². The van der Waals surface area contributed by atoms with Gasteiger partial charge in [-0.05, 0) is 36.5 Å². The molecule has 0 radical (unpaired) electrons. The van der Waals surface area contributed by atoms with Crippen molar-refractivity contribution in [3.05, 3.63) is 34.9 Å². The minimum absolute atomic E-state index is 0.405. The molecule has 1 aliphatic rings. The van der Waals surface area contributed by atoms with Crippen molar-refractivity contribution in [2.45, 2.75) is 51.2 Å². The van der Waals surface area contributed by atoms with Gasteiger partial charge in [-0.2, -0.15) is 0 Å². The van der Waals surface area contributed by atoms with Crippen LogP contribution in [0.3, 0.4) is 0 Å². The summed E-state index contributed by atoms with van der Waals surface area (Å²) in [5.41, 5.74) is 0.702. The van der Waals surface area contributed by atoms with E-state index >= 15 is 0 Å². The number of ether oxygens (including phenoxy) is 1. The average molecular weight is 326 g/mol. The molecule has 2 N–H and O–H groups in total. The number of hydrogen-bond donors (Lipinski definition) is 2. The molecule has 0 aliphatic carbocycles. The minimum Gasteiger partial charge on any atom is -0.388 e. The summed E-state index contributed by atoms with van der Waals surface area (Å²) in [6, 6.07) is 8.47. The summed E-state index contributed by atoms with van der Waals surface area (Å²) in [6.45, 7) is 6.44. The van der Waals surface area contributed by atoms with Crippen LogP contribution in [0.2, 0.25) is 5.02 Å². The Morgan fingerprint density at radius 1 is 1.23 bits per heavy atom. The van der Waals surface area contributed by atoms with Crippen molar-refractivity contribution in [3.63, 3.8) is 0 Å². The van der Waals surface area contributed by atoms with Crippen LogP contribution >= 0.6 is 11.6 Å². The maximum atomic E-state index is 10.6. The van der Waals surface area contributed by atoms with Crippen molar-refractivity contribution < 1.29 is 9.84 Å². The second-order valence-electron chi connectivity index (χ2n) is 6.73. The highest BCUT2D eigenvalue weighted by atomic mass is 35.5. The molecular weight excluding hydrogens is 298 g/mol. The van der Waals surface area contributed by atoms with Crippen LogP contribution in [0, 0.1) is 5.92 Å². The molecule has 2 rings (SSSR count). The average Bonchev–Trinajstić information content (AvgIpc) is 2.49. The lowest BCUT2D eigenvalue weighted by Gasteiger charge is -2.34. The first kappa shape index (κ1) is 17.7. The third kappa shape index (κ3) is 5.54. The highest BCUT2D eigenvalue weighted by Crippen LogP contribution is 2.21. The first-order valence-electron chi connectivity index (χ1n) is 8.26. The number of halogens is 1. The van der Waals surface area contributed by atoms with E-state index in [2.05, 4.69) is 31.3 Å². The molecule has 0 bridgehead atoms. The SMILES string of the molecule is CC(C)C(CCc1ccc(Cl)cc1)NCC1(O)CCOCC1. The van der Waals surface area contributed by atoms with Crippen molar-refractivity contribution in [1.29, 1.82) is 0 Å². The van der Waals surface area contributed by atoms with Gasteiger partial charge in [0.1, 0.15) is 0 Å². The van der Waals surface area contributed by atoms with E-state index in [-0.39, 0.29) is 0 Å². The highest BCUT2D eigenvalue weighted by Gasteiger charge is 2.30. The van der Waals surface area contributed by atoms with Crippen molar-refractivity contribution in [1.82, 2.24) is 5.32 Å². The highest BCUT2D eigenvalue weighted by molar-refractivity contribution is 6.30. The number of aliphatic hydroxyl groups is 1. The number of benzene rings is 1. The van der Waals surface area contributed by atoms with Crippen molar-refractivity contribution >= 4 is 11.6 Å². The van der Waals surface area contributed by atoms with Crippen LogP contribution in [-0.4, -0.2) is 36.5 Å². The van der Waals surface area contributed by atoms with Crippen LogP contribution < -0.4 is 5.32 Å². The Bertz CT molecular complexity index is 441. The van der Waals surface area contributed by atoms with Gasteiger partial charge in [0.25, 0.3) is 0 Å². The molecule has 1 aliphatic heterocycles. The molecule has 1 aromatic rings. The van der Waals surface area contributed by atoms with E-state index in [0.717, 1.165) is 30.7 Å². The lowest BCUT2D eigenvalue weighted by atomic mass is 9.92. The Kier molecular flexibility index (Phi) is 6.69. The lowest BCUT2D eigenvalue weighted by molar-refractivity contribution is -0.0634. The van der Waals surface area contributed by atoms with E-state index in [4.69, 9.17) is 16.3 Å². The zero-order valence-corrected chi connectivity index (χ0v) is 14.4. The fourth-order valence-electron chi connectivity index (χ4n) is 2.89. The van der Waals surface area contributed by atoms with Gasteiger partial charge in [0.05, 0.1) is 5.60 Å². The summed E-state index contributed by atoms with van der Waals surface area (Å²) in [5, 5.41) is 14.9. The zero-order valence-electron chi connectivity index (χ0n) is 13.6. The van der Waals surface area contributed by atoms with Gasteiger partial charge in [-0.1, -0.05) is 37.6 Å². The van der Waals surface area contributed by atoms with Gasteiger partial charge in [-0.3, -0.25) is 0 Å². The Morgan fingerprint density at radius 3 is 2.45 bits per heavy atom. The van der Waals surface area contributed by atoms with Gasteiger partial charge < -0.3 is 15.2 Å². The molecule has 0 amide bonds. The summed E-state index contributed by atoms with van der Waals surface area (Å²) in [4.78, 5) is 0. The van der Waals surface area contributed by atoms with Crippen LogP contribution in [-0.2, 0) is 11.2 Å². The van der Waals surface area contributed by atoms with Crippen LogP contribution in [0.25, 0.3) is 0 Å². The Morgan fingerprint density at radius 2 is 1.86 bits per heavy atom. The molecule has 1 fully saturated rings. The molecule has 1 aromatic carbocycles. The molecule has 1 atom stereocenters. The van der Waals surface area contributed by atoms with Crippen molar-refractivity contribution in [2.75, 3.05) is 19.8 Å². The molecule has 3 nitrogen and oxygen atoms in total. The van der Waals surface area contributed by atoms with E-state index < -0.39 is 5.60 Å². The normalized spacial score (nSPS) is 19.3. The third-order valence-corrected chi connectivity index (χ3v) is 4.83. The smallest absolute Gasteiger partial charge is 0.0815 e. The Hall–Kier alpha value is -0.610. The van der Waals surface area contributed by atoms with E-state index in [1.54, 1.807) is 0 Å². The first-order valence-corrected chi connectivity index (χ1v) is 8.64. The van der Waals surface area contributed by atoms with Gasteiger partial charge in [-0.15, -0.1) is 0 Å². The number of nitrogens with one attached hydrogen (secondary N) is 1. The number of hydrogen-bond acceptors (Lipinski definition) is 3. The monoisotopic (exact) mass is 325 g/mol. The standard InChI is InChI=1S/C18H28ClNO2/c1-14(2)17(8-5-15-3-6-16(19)7-4-15)20-13-18(21)9-11-22-12-10-18/h3-4,6-7,14,17,20-21H,5,8-13H2,1-2H3. The topological polar surface area (TPSA) is 41.5 Å². The Balaban J connectivity index is 1.83. The predicted octanol–water partition coefficient (Wildman–Crippen LogP) is 3.43. The molecule has 124 valence electrons. The van der Waals surface area contributed by atoms with Gasteiger partial charge in [-0.25, -0.2) is 0 Å². The second kappa shape index (κ2) is 8.30. The van der Waals surface area contributed by atoms with Gasteiger partial charge in [0, 0.05) is 43.7 Å². The number of aryl methyl sites for hydroxylation is 1. The van der Waals surface area contributed by atoms with Gasteiger partial charge in [0.15, 0.2) is 0 Å². The van der Waals surface area contributed by atoms with Crippen LogP contribution in [0.5, 0.6) is 0 Å². The fraction of sp³-hybridized carbons (Fsp3) is 0.667. The van der Waals surface area contributed by atoms with Gasteiger partial charge in [0.2, 0.25) is 0 Å². The molecule has 1 saturated heterocycles. The van der Waals surface area contributed by atoms with E-state index in [1.807, 2.05) is 12.1 Å². The summed E-state index contributed by atoms with van der Waals surface area (Å²) >= 11 is 5.93. The molecule has 0 spiro atoms. The summed E-state index contributed by atoms with van der Waals surface area (Å²) in [7, 11) is 0. The summed E-state index contributed by atoms with van der Waals surface area (Å²) in [6.07, 6.45) is 3.53. The van der Waals surface area contributed by atoms with Crippen LogP contribution in [0.1, 0.15) is 38.7 Å². The Labute approximate surface area is 139 Å². The van der Waals surface area contributed by atoms with Gasteiger partial charge >= 0.3 is 0 Å². The largest absolute Gasteiger partial charge is 0.388 e. The zero-order chi connectivity index (χ0) is 16.0. The van der Waals surface area contributed by atoms with E-state index in [0.29, 0.717) is 31.7 Å². The van der Waals surface area contributed by atoms with Crippen LogP contribution in [0.15, 0.2) is 24.3 Å². The number of rotatable bonds is 7.